The van der Waals surface area contributed by atoms with Crippen molar-refractivity contribution < 1.29 is 14.3 Å². The Morgan fingerprint density at radius 1 is 1.19 bits per heavy atom. The molecule has 2 aliphatic rings. The first-order chi connectivity index (χ1) is 13.0. The maximum absolute atomic E-state index is 12.8. The number of nitrogens with two attached hydrogens (primary N) is 1. The molecule has 1 saturated carbocycles. The molecule has 1 heterocycles. The number of benzene rings is 1. The fourth-order valence-electron chi connectivity index (χ4n) is 4.23. The van der Waals surface area contributed by atoms with Crippen molar-refractivity contribution in [3.63, 3.8) is 0 Å². The highest BCUT2D eigenvalue weighted by Gasteiger charge is 2.36. The Morgan fingerprint density at radius 2 is 1.89 bits per heavy atom. The summed E-state index contributed by atoms with van der Waals surface area (Å²) in [4.78, 5) is 29.2. The molecule has 6 heteroatoms. The van der Waals surface area contributed by atoms with E-state index in [0.717, 1.165) is 24.8 Å². The van der Waals surface area contributed by atoms with Crippen LogP contribution in [0.25, 0.3) is 0 Å². The van der Waals surface area contributed by atoms with E-state index >= 15 is 0 Å². The lowest BCUT2D eigenvalue weighted by Gasteiger charge is -2.37. The Labute approximate surface area is 161 Å². The summed E-state index contributed by atoms with van der Waals surface area (Å²) in [5.74, 6) is 1.29. The fourth-order valence-corrected chi connectivity index (χ4v) is 4.23. The molecule has 6 nitrogen and oxygen atoms in total. The lowest BCUT2D eigenvalue weighted by molar-refractivity contribution is -0.145. The van der Waals surface area contributed by atoms with Crippen molar-refractivity contribution in [3.05, 3.63) is 29.8 Å². The number of amides is 2. The van der Waals surface area contributed by atoms with Crippen LogP contribution in [0.1, 0.15) is 31.7 Å². The lowest BCUT2D eigenvalue weighted by atomic mass is 9.94. The summed E-state index contributed by atoms with van der Waals surface area (Å²) >= 11 is 0. The van der Waals surface area contributed by atoms with Gasteiger partial charge in [0.2, 0.25) is 5.91 Å². The zero-order valence-corrected chi connectivity index (χ0v) is 16.4. The second-order valence-electron chi connectivity index (χ2n) is 7.76. The van der Waals surface area contributed by atoms with E-state index in [0.29, 0.717) is 44.4 Å². The number of aryl methyl sites for hydroxylation is 1. The largest absolute Gasteiger partial charge is 0.481 e. The van der Waals surface area contributed by atoms with Gasteiger partial charge >= 0.3 is 0 Å². The van der Waals surface area contributed by atoms with Gasteiger partial charge in [0.05, 0.1) is 0 Å². The molecule has 2 amide bonds. The van der Waals surface area contributed by atoms with Crippen LogP contribution in [0.5, 0.6) is 5.75 Å². The molecule has 1 aromatic carbocycles. The summed E-state index contributed by atoms with van der Waals surface area (Å²) in [7, 11) is 0. The molecule has 2 N–H and O–H groups in total. The predicted octanol–water partition coefficient (Wildman–Crippen LogP) is 1.81. The molecule has 1 unspecified atom stereocenters. The highest BCUT2D eigenvalue weighted by Crippen LogP contribution is 2.32. The molecule has 27 heavy (non-hydrogen) atoms. The van der Waals surface area contributed by atoms with Gasteiger partial charge in [-0.05, 0) is 56.8 Å². The molecule has 0 bridgehead atoms. The van der Waals surface area contributed by atoms with Crippen LogP contribution in [0.2, 0.25) is 0 Å². The number of hydrogen-bond donors (Lipinski definition) is 1. The molecular formula is C21H31N3O3. The average molecular weight is 373 g/mol. The quantitative estimate of drug-likeness (QED) is 0.854. The molecule has 1 aliphatic heterocycles. The zero-order chi connectivity index (χ0) is 19.4. The van der Waals surface area contributed by atoms with Crippen molar-refractivity contribution in [2.24, 2.45) is 17.6 Å². The molecule has 0 aromatic heterocycles. The van der Waals surface area contributed by atoms with Gasteiger partial charge in [0.1, 0.15) is 5.75 Å². The number of carbonyl (C=O) groups excluding carboxylic acids is 2. The van der Waals surface area contributed by atoms with E-state index in [1.807, 2.05) is 36.1 Å². The third-order valence-electron chi connectivity index (χ3n) is 5.83. The van der Waals surface area contributed by atoms with Crippen molar-refractivity contribution in [3.8, 4) is 5.75 Å². The van der Waals surface area contributed by atoms with Crippen LogP contribution >= 0.6 is 0 Å². The van der Waals surface area contributed by atoms with Gasteiger partial charge in [-0.25, -0.2) is 0 Å². The highest BCUT2D eigenvalue weighted by atomic mass is 16.5. The van der Waals surface area contributed by atoms with Crippen molar-refractivity contribution in [2.45, 2.75) is 39.2 Å². The Hall–Kier alpha value is -2.08. The average Bonchev–Trinajstić information content (AvgIpc) is 3.15. The maximum atomic E-state index is 12.8. The summed E-state index contributed by atoms with van der Waals surface area (Å²) in [6, 6.07) is 7.71. The van der Waals surface area contributed by atoms with Gasteiger partial charge in [0.15, 0.2) is 6.10 Å². The van der Waals surface area contributed by atoms with Crippen LogP contribution in [0.4, 0.5) is 0 Å². The zero-order valence-electron chi connectivity index (χ0n) is 16.4. The molecule has 3 rings (SSSR count). The van der Waals surface area contributed by atoms with E-state index in [-0.39, 0.29) is 17.7 Å². The molecule has 148 valence electrons. The Kier molecular flexibility index (Phi) is 6.37. The number of ether oxygens (including phenoxy) is 1. The predicted molar refractivity (Wildman–Crippen MR) is 104 cm³/mol. The SMILES string of the molecule is Cc1cccc(OC(C)C(=O)N2CCN(C(=O)[C@@H]3CCC[C@@H]3CN)CC2)c1. The van der Waals surface area contributed by atoms with E-state index in [1.165, 1.54) is 0 Å². The van der Waals surface area contributed by atoms with Crippen molar-refractivity contribution in [2.75, 3.05) is 32.7 Å². The second-order valence-corrected chi connectivity index (χ2v) is 7.76. The van der Waals surface area contributed by atoms with Gasteiger partial charge < -0.3 is 20.3 Å². The molecule has 3 atom stereocenters. The molecule has 0 radical (unpaired) electrons. The second kappa shape index (κ2) is 8.74. The number of piperazine rings is 1. The Bertz CT molecular complexity index is 670. The monoisotopic (exact) mass is 373 g/mol. The minimum Gasteiger partial charge on any atom is -0.481 e. The van der Waals surface area contributed by atoms with Gasteiger partial charge in [0.25, 0.3) is 5.91 Å². The molecule has 2 fully saturated rings. The van der Waals surface area contributed by atoms with Gasteiger partial charge in [-0.15, -0.1) is 0 Å². The minimum atomic E-state index is -0.537. The van der Waals surface area contributed by atoms with Crippen LogP contribution in [0.3, 0.4) is 0 Å². The van der Waals surface area contributed by atoms with Gasteiger partial charge in [-0.3, -0.25) is 9.59 Å². The summed E-state index contributed by atoms with van der Waals surface area (Å²) < 4.78 is 5.81. The van der Waals surface area contributed by atoms with E-state index < -0.39 is 6.10 Å². The maximum Gasteiger partial charge on any atom is 0.263 e. The van der Waals surface area contributed by atoms with Crippen LogP contribution in [0, 0.1) is 18.8 Å². The van der Waals surface area contributed by atoms with Gasteiger partial charge in [-0.1, -0.05) is 18.6 Å². The molecule has 0 spiro atoms. The summed E-state index contributed by atoms with van der Waals surface area (Å²) in [6.45, 7) is 6.67. The van der Waals surface area contributed by atoms with Crippen molar-refractivity contribution in [1.29, 1.82) is 0 Å². The van der Waals surface area contributed by atoms with Crippen molar-refractivity contribution in [1.82, 2.24) is 9.80 Å². The summed E-state index contributed by atoms with van der Waals surface area (Å²) in [6.07, 6.45) is 2.55. The Morgan fingerprint density at radius 3 is 2.56 bits per heavy atom. The van der Waals surface area contributed by atoms with Crippen molar-refractivity contribution >= 4 is 11.8 Å². The molecule has 1 aromatic rings. The van der Waals surface area contributed by atoms with Crippen LogP contribution in [-0.4, -0.2) is 60.4 Å². The number of nitrogens with zero attached hydrogens (tertiary/aromatic N) is 2. The van der Waals surface area contributed by atoms with E-state index in [1.54, 1.807) is 11.8 Å². The normalized spacial score (nSPS) is 24.0. The third-order valence-corrected chi connectivity index (χ3v) is 5.83. The Balaban J connectivity index is 1.50. The number of carbonyl (C=O) groups is 2. The third kappa shape index (κ3) is 4.61. The van der Waals surface area contributed by atoms with Crippen LogP contribution in [0.15, 0.2) is 24.3 Å². The first-order valence-corrected chi connectivity index (χ1v) is 10.0. The first-order valence-electron chi connectivity index (χ1n) is 10.0. The topological polar surface area (TPSA) is 75.9 Å². The lowest BCUT2D eigenvalue weighted by Crippen LogP contribution is -2.54. The van der Waals surface area contributed by atoms with Crippen LogP contribution < -0.4 is 10.5 Å². The molecule has 1 aliphatic carbocycles. The fraction of sp³-hybridized carbons (Fsp3) is 0.619. The number of rotatable bonds is 5. The van der Waals surface area contributed by atoms with E-state index in [9.17, 15) is 9.59 Å². The van der Waals surface area contributed by atoms with Gasteiger partial charge in [-0.2, -0.15) is 0 Å². The first kappa shape index (κ1) is 19.7. The molecular weight excluding hydrogens is 342 g/mol. The number of hydrogen-bond acceptors (Lipinski definition) is 4. The minimum absolute atomic E-state index is 0.0238. The van der Waals surface area contributed by atoms with E-state index in [4.69, 9.17) is 10.5 Å². The summed E-state index contributed by atoms with van der Waals surface area (Å²) in [5.41, 5.74) is 6.92. The smallest absolute Gasteiger partial charge is 0.263 e. The van der Waals surface area contributed by atoms with E-state index in [2.05, 4.69) is 0 Å². The summed E-state index contributed by atoms with van der Waals surface area (Å²) in [5, 5.41) is 0. The highest BCUT2D eigenvalue weighted by molar-refractivity contribution is 5.82. The molecule has 1 saturated heterocycles. The van der Waals surface area contributed by atoms with Gasteiger partial charge in [0, 0.05) is 32.1 Å². The van der Waals surface area contributed by atoms with Crippen LogP contribution in [-0.2, 0) is 9.59 Å². The standard InChI is InChI=1S/C21H31N3O3/c1-15-5-3-7-18(13-15)27-16(2)20(25)23-9-11-24(12-10-23)21(26)19-8-4-6-17(19)14-22/h3,5,7,13,16-17,19H,4,6,8-12,14,22H2,1-2H3/t16?,17-,19-/m1/s1.